The van der Waals surface area contributed by atoms with Crippen molar-refractivity contribution in [3.8, 4) is 0 Å². The quantitative estimate of drug-likeness (QED) is 0.316. The number of carbonyl (C=O) groups is 1. The monoisotopic (exact) mass is 613 g/mol. The Morgan fingerprint density at radius 2 is 1.62 bits per heavy atom. The van der Waals surface area contributed by atoms with E-state index >= 15 is 0 Å². The first-order chi connectivity index (χ1) is 18.6. The highest BCUT2D eigenvalue weighted by Gasteiger charge is 2.61. The maximum atomic E-state index is 12.3. The van der Waals surface area contributed by atoms with Gasteiger partial charge in [0.15, 0.2) is 17.0 Å². The summed E-state index contributed by atoms with van der Waals surface area (Å²) < 4.78 is 29.1. The van der Waals surface area contributed by atoms with Gasteiger partial charge in [0.1, 0.15) is 23.8 Å². The SMILES string of the molecule is CC(C)C(=O)Nc1nc(Cl)c2ncn([C@@H]3O[C@@H]4CO[Si](C(C)C)(C(C)C)O[Si](C(C)C)(C(C)C)OC4[C@@H]3O)c2n1. The highest BCUT2D eigenvalue weighted by Crippen LogP contribution is 2.48. The third kappa shape index (κ3) is 5.39. The van der Waals surface area contributed by atoms with Gasteiger partial charge in [-0.25, -0.2) is 4.98 Å². The van der Waals surface area contributed by atoms with Crippen molar-refractivity contribution in [1.82, 2.24) is 19.5 Å². The molecule has 2 aliphatic rings. The van der Waals surface area contributed by atoms with Crippen molar-refractivity contribution >= 4 is 51.7 Å². The average Bonchev–Trinajstić information content (AvgIpc) is 3.39. The van der Waals surface area contributed by atoms with E-state index in [4.69, 9.17) is 29.3 Å². The summed E-state index contributed by atoms with van der Waals surface area (Å²) in [7, 11) is -5.70. The van der Waals surface area contributed by atoms with Crippen molar-refractivity contribution < 1.29 is 27.6 Å². The summed E-state index contributed by atoms with van der Waals surface area (Å²) in [4.78, 5) is 25.4. The van der Waals surface area contributed by atoms with Crippen LogP contribution in [0, 0.1) is 5.92 Å². The molecule has 0 bridgehead atoms. The number of aromatic nitrogens is 4. The summed E-state index contributed by atoms with van der Waals surface area (Å²) in [5, 5.41) is 14.5. The van der Waals surface area contributed by atoms with E-state index in [9.17, 15) is 9.90 Å². The van der Waals surface area contributed by atoms with Crippen LogP contribution in [-0.2, 0) is 22.5 Å². The predicted octanol–water partition coefficient (Wildman–Crippen LogP) is 5.29. The van der Waals surface area contributed by atoms with Crippen LogP contribution in [-0.4, -0.2) is 72.6 Å². The molecule has 1 unspecified atom stereocenters. The lowest BCUT2D eigenvalue weighted by molar-refractivity contribution is -0.118. The molecule has 2 fully saturated rings. The van der Waals surface area contributed by atoms with Crippen LogP contribution in [0.2, 0.25) is 27.3 Å². The Balaban J connectivity index is 1.76. The zero-order valence-electron chi connectivity index (χ0n) is 25.1. The van der Waals surface area contributed by atoms with E-state index in [1.165, 1.54) is 6.33 Å². The topological polar surface area (TPSA) is 130 Å². The molecule has 0 spiro atoms. The lowest BCUT2D eigenvalue weighted by Gasteiger charge is -2.51. The Kier molecular flexibility index (Phi) is 9.18. The first-order valence-corrected chi connectivity index (χ1v) is 18.5. The number of halogens is 1. The van der Waals surface area contributed by atoms with Gasteiger partial charge >= 0.3 is 17.1 Å². The summed E-state index contributed by atoms with van der Waals surface area (Å²) in [6, 6.07) is 0. The van der Waals surface area contributed by atoms with Gasteiger partial charge in [-0.05, 0) is 22.2 Å². The van der Waals surface area contributed by atoms with Gasteiger partial charge in [-0.3, -0.25) is 14.7 Å². The number of rotatable bonds is 7. The number of aliphatic hydroxyl groups is 1. The molecule has 2 saturated heterocycles. The molecular weight excluding hydrogens is 570 g/mol. The first-order valence-electron chi connectivity index (χ1n) is 14.2. The number of ether oxygens (including phenoxy) is 1. The second-order valence-electron chi connectivity index (χ2n) is 12.4. The fourth-order valence-corrected chi connectivity index (χ4v) is 17.2. The molecule has 1 amide bonds. The summed E-state index contributed by atoms with van der Waals surface area (Å²) in [6.07, 6.45) is -1.63. The van der Waals surface area contributed by atoms with Crippen LogP contribution < -0.4 is 5.32 Å². The van der Waals surface area contributed by atoms with Crippen LogP contribution >= 0.6 is 11.6 Å². The van der Waals surface area contributed by atoms with E-state index < -0.39 is 41.7 Å². The fourth-order valence-electron chi connectivity index (χ4n) is 5.75. The number of anilines is 1. The average molecular weight is 614 g/mol. The number of hydrogen-bond acceptors (Lipinski definition) is 9. The first kappa shape index (κ1) is 31.5. The molecule has 40 heavy (non-hydrogen) atoms. The van der Waals surface area contributed by atoms with Crippen LogP contribution in [0.25, 0.3) is 11.2 Å². The van der Waals surface area contributed by atoms with E-state index in [2.05, 4.69) is 75.7 Å². The van der Waals surface area contributed by atoms with Gasteiger partial charge in [0, 0.05) is 5.92 Å². The summed E-state index contributed by atoms with van der Waals surface area (Å²) in [5.41, 5.74) is 1.27. The number of aliphatic hydroxyl groups excluding tert-OH is 1. The molecule has 4 rings (SSSR count). The second-order valence-corrected chi connectivity index (χ2v) is 21.6. The Hall–Kier alpha value is -1.46. The molecule has 14 heteroatoms. The van der Waals surface area contributed by atoms with Crippen LogP contribution in [0.1, 0.15) is 75.5 Å². The number of nitrogens with zero attached hydrogens (tertiary/aromatic N) is 4. The van der Waals surface area contributed by atoms with E-state index in [1.807, 2.05) is 0 Å². The molecule has 0 radical (unpaired) electrons. The molecule has 0 aliphatic carbocycles. The number of amides is 1. The van der Waals surface area contributed by atoms with Crippen LogP contribution in [0.5, 0.6) is 0 Å². The van der Waals surface area contributed by atoms with Gasteiger partial charge in [-0.1, -0.05) is 80.8 Å². The Bertz CT molecular complexity index is 1210. The normalized spacial score (nSPS) is 26.6. The number of carbonyl (C=O) groups excluding carboxylic acids is 1. The van der Waals surface area contributed by atoms with Crippen molar-refractivity contribution in [1.29, 1.82) is 0 Å². The molecule has 4 heterocycles. The van der Waals surface area contributed by atoms with Crippen LogP contribution in [0.15, 0.2) is 6.33 Å². The molecule has 224 valence electrons. The molecule has 11 nitrogen and oxygen atoms in total. The zero-order chi connectivity index (χ0) is 29.7. The zero-order valence-corrected chi connectivity index (χ0v) is 27.9. The fraction of sp³-hybridized carbons (Fsp3) is 0.769. The Morgan fingerprint density at radius 3 is 2.17 bits per heavy atom. The van der Waals surface area contributed by atoms with Crippen LogP contribution in [0.4, 0.5) is 5.95 Å². The van der Waals surface area contributed by atoms with Gasteiger partial charge < -0.3 is 22.8 Å². The molecule has 2 aromatic rings. The Morgan fingerprint density at radius 1 is 1.02 bits per heavy atom. The van der Waals surface area contributed by atoms with Crippen molar-refractivity contribution in [3.63, 3.8) is 0 Å². The highest BCUT2D eigenvalue weighted by atomic mass is 35.5. The summed E-state index contributed by atoms with van der Waals surface area (Å²) >= 11 is 6.41. The van der Waals surface area contributed by atoms with Crippen molar-refractivity contribution in [2.75, 3.05) is 11.9 Å². The second kappa shape index (κ2) is 11.7. The smallest absolute Gasteiger partial charge is 0.335 e. The molecule has 2 N–H and O–H groups in total. The number of imidazole rings is 1. The van der Waals surface area contributed by atoms with Gasteiger partial charge in [0.05, 0.1) is 12.9 Å². The standard InChI is InChI=1S/C26H44ClN5O6Si2/c1-13(2)24(34)31-26-29-22(27)19-23(30-26)32(12-28-19)25-20(33)21-18(36-25)11-35-39(14(3)4,15(5)6)38-40(37-21,16(7)8)17(9)10/h12-18,20-21,25,33H,11H2,1-10H3,(H,29,30,31,34)/t18-,20+,21?,25-/m1/s1. The minimum Gasteiger partial charge on any atom is -0.414 e. The van der Waals surface area contributed by atoms with Crippen LogP contribution in [0.3, 0.4) is 0 Å². The van der Waals surface area contributed by atoms with Gasteiger partial charge in [-0.15, -0.1) is 0 Å². The van der Waals surface area contributed by atoms with Crippen molar-refractivity contribution in [2.24, 2.45) is 5.92 Å². The maximum absolute atomic E-state index is 12.3. The predicted molar refractivity (Wildman–Crippen MR) is 158 cm³/mol. The molecule has 2 aliphatic heterocycles. The number of nitrogens with one attached hydrogen (secondary N) is 1. The molecule has 0 aromatic carbocycles. The largest absolute Gasteiger partial charge is 0.414 e. The van der Waals surface area contributed by atoms with Gasteiger partial charge in [0.25, 0.3) is 0 Å². The van der Waals surface area contributed by atoms with E-state index in [1.54, 1.807) is 18.4 Å². The summed E-state index contributed by atoms with van der Waals surface area (Å²) in [6.45, 7) is 21.0. The maximum Gasteiger partial charge on any atom is 0.335 e. The van der Waals surface area contributed by atoms with Crippen molar-refractivity contribution in [2.45, 2.75) is 116 Å². The Labute approximate surface area is 243 Å². The van der Waals surface area contributed by atoms with E-state index in [0.29, 0.717) is 11.2 Å². The molecule has 2 aromatic heterocycles. The number of fused-ring (bicyclic) bond motifs is 2. The third-order valence-electron chi connectivity index (χ3n) is 8.05. The minimum atomic E-state index is -2.95. The minimum absolute atomic E-state index is 0.0557. The lowest BCUT2D eigenvalue weighted by Crippen LogP contribution is -2.65. The van der Waals surface area contributed by atoms with Gasteiger partial charge in [0.2, 0.25) is 11.9 Å². The molecule has 4 atom stereocenters. The summed E-state index contributed by atoms with van der Waals surface area (Å²) in [5.74, 6) is -0.452. The highest BCUT2D eigenvalue weighted by molar-refractivity contribution is 6.84. The third-order valence-corrected chi connectivity index (χ3v) is 18.6. The molecule has 0 saturated carbocycles. The lowest BCUT2D eigenvalue weighted by atomic mass is 10.1. The number of hydrogen-bond donors (Lipinski definition) is 2. The van der Waals surface area contributed by atoms with Crippen molar-refractivity contribution in [3.05, 3.63) is 11.5 Å². The molecular formula is C26H44ClN5O6Si2. The van der Waals surface area contributed by atoms with E-state index in [0.717, 1.165) is 0 Å². The van der Waals surface area contributed by atoms with Gasteiger partial charge in [-0.2, -0.15) is 9.97 Å². The van der Waals surface area contributed by atoms with E-state index in [-0.39, 0.29) is 51.7 Å².